The lowest BCUT2D eigenvalue weighted by Crippen LogP contribution is -2.47. The highest BCUT2D eigenvalue weighted by Gasteiger charge is 2.27. The topological polar surface area (TPSA) is 75.4 Å². The Balaban J connectivity index is 1.64. The lowest BCUT2D eigenvalue weighted by atomic mass is 9.98. The van der Waals surface area contributed by atoms with Crippen molar-refractivity contribution in [3.8, 4) is 0 Å². The second-order valence-corrected chi connectivity index (χ2v) is 7.20. The maximum atomic E-state index is 12.3. The van der Waals surface area contributed by atoms with Crippen LogP contribution in [0.2, 0.25) is 5.02 Å². The number of nitrogens with two attached hydrogens (primary N) is 1. The van der Waals surface area contributed by atoms with Gasteiger partial charge in [0.15, 0.2) is 0 Å². The number of likely N-dealkylation sites (tertiary alicyclic amines) is 1. The zero-order valence-electron chi connectivity index (χ0n) is 12.5. The molecule has 1 aliphatic heterocycles. The Bertz CT molecular complexity index is 746. The molecular formula is C16H18ClN3O2S. The van der Waals surface area contributed by atoms with Crippen molar-refractivity contribution in [2.45, 2.75) is 19.4 Å². The van der Waals surface area contributed by atoms with Crippen LogP contribution >= 0.6 is 22.9 Å². The van der Waals surface area contributed by atoms with Gasteiger partial charge in [0, 0.05) is 28.1 Å². The molecule has 122 valence electrons. The maximum Gasteiger partial charge on any atom is 0.317 e. The normalized spacial score (nSPS) is 18.1. The molecule has 1 atom stereocenters. The third-order valence-electron chi connectivity index (χ3n) is 4.11. The molecule has 3 N–H and O–H groups in total. The minimum atomic E-state index is -0.338. The number of carbonyl (C=O) groups is 2. The summed E-state index contributed by atoms with van der Waals surface area (Å²) in [6.45, 7) is 1.42. The van der Waals surface area contributed by atoms with E-state index in [1.54, 1.807) is 16.2 Å². The van der Waals surface area contributed by atoms with E-state index >= 15 is 0 Å². The van der Waals surface area contributed by atoms with Gasteiger partial charge in [0.2, 0.25) is 5.91 Å². The molecule has 2 heterocycles. The highest BCUT2D eigenvalue weighted by atomic mass is 35.5. The SMILES string of the molecule is NC(=O)[C@H]1CCCN(C(=O)NCc2sc3ccccc3c2Cl)C1. The number of carbonyl (C=O) groups excluding carboxylic acids is 2. The maximum absolute atomic E-state index is 12.3. The van der Waals surface area contributed by atoms with E-state index in [4.69, 9.17) is 17.3 Å². The molecule has 23 heavy (non-hydrogen) atoms. The fourth-order valence-corrected chi connectivity index (χ4v) is 4.28. The van der Waals surface area contributed by atoms with E-state index in [2.05, 4.69) is 5.32 Å². The average molecular weight is 352 g/mol. The number of primary amides is 1. The van der Waals surface area contributed by atoms with Crippen molar-refractivity contribution in [2.75, 3.05) is 13.1 Å². The number of hydrogen-bond acceptors (Lipinski definition) is 3. The third-order valence-corrected chi connectivity index (χ3v) is 5.83. The van der Waals surface area contributed by atoms with Crippen LogP contribution in [0.4, 0.5) is 4.79 Å². The zero-order valence-corrected chi connectivity index (χ0v) is 14.1. The summed E-state index contributed by atoms with van der Waals surface area (Å²) in [5.41, 5.74) is 5.34. The standard InChI is InChI=1S/C16H18ClN3O2S/c17-14-11-5-1-2-6-12(11)23-13(14)8-19-16(22)20-7-3-4-10(9-20)15(18)21/h1-2,5-6,10H,3-4,7-9H2,(H2,18,21)(H,19,22)/t10-/m0/s1. The van der Waals surface area contributed by atoms with Gasteiger partial charge in [-0.3, -0.25) is 4.79 Å². The molecule has 5 nitrogen and oxygen atoms in total. The Hall–Kier alpha value is -1.79. The van der Waals surface area contributed by atoms with E-state index in [1.165, 1.54) is 0 Å². The van der Waals surface area contributed by atoms with Gasteiger partial charge in [-0.15, -0.1) is 11.3 Å². The Morgan fingerprint density at radius 3 is 2.91 bits per heavy atom. The van der Waals surface area contributed by atoms with Crippen LogP contribution in [0.15, 0.2) is 24.3 Å². The molecule has 2 aromatic rings. The lowest BCUT2D eigenvalue weighted by Gasteiger charge is -2.31. The molecule has 3 amide bonds. The summed E-state index contributed by atoms with van der Waals surface area (Å²) in [5, 5.41) is 4.59. The largest absolute Gasteiger partial charge is 0.369 e. The van der Waals surface area contributed by atoms with E-state index in [0.717, 1.165) is 27.8 Å². The number of rotatable bonds is 3. The number of halogens is 1. The van der Waals surface area contributed by atoms with Crippen LogP contribution < -0.4 is 11.1 Å². The lowest BCUT2D eigenvalue weighted by molar-refractivity contribution is -0.123. The molecule has 0 spiro atoms. The second-order valence-electron chi connectivity index (χ2n) is 5.68. The number of fused-ring (bicyclic) bond motifs is 1. The van der Waals surface area contributed by atoms with Gasteiger partial charge < -0.3 is 16.0 Å². The van der Waals surface area contributed by atoms with Crippen molar-refractivity contribution < 1.29 is 9.59 Å². The number of hydrogen-bond donors (Lipinski definition) is 2. The van der Waals surface area contributed by atoms with Crippen molar-refractivity contribution in [2.24, 2.45) is 11.7 Å². The first-order valence-corrected chi connectivity index (χ1v) is 8.73. The molecular weight excluding hydrogens is 334 g/mol. The van der Waals surface area contributed by atoms with Gasteiger partial charge in [-0.25, -0.2) is 4.79 Å². The van der Waals surface area contributed by atoms with Crippen LogP contribution in [0.25, 0.3) is 10.1 Å². The summed E-state index contributed by atoms with van der Waals surface area (Å²) < 4.78 is 1.11. The minimum absolute atomic E-state index is 0.176. The molecule has 1 fully saturated rings. The highest BCUT2D eigenvalue weighted by molar-refractivity contribution is 7.19. The zero-order chi connectivity index (χ0) is 16.4. The molecule has 0 unspecified atom stereocenters. The Kier molecular flexibility index (Phi) is 4.73. The fraction of sp³-hybridized carbons (Fsp3) is 0.375. The monoisotopic (exact) mass is 351 g/mol. The molecule has 1 aliphatic rings. The first kappa shape index (κ1) is 16.1. The van der Waals surface area contributed by atoms with Crippen LogP contribution in [0, 0.1) is 5.92 Å². The van der Waals surface area contributed by atoms with E-state index in [1.807, 2.05) is 24.3 Å². The molecule has 3 rings (SSSR count). The van der Waals surface area contributed by atoms with Gasteiger partial charge in [0.1, 0.15) is 0 Å². The predicted molar refractivity (Wildman–Crippen MR) is 92.6 cm³/mol. The number of nitrogens with zero attached hydrogens (tertiary/aromatic N) is 1. The Morgan fingerprint density at radius 2 is 2.17 bits per heavy atom. The molecule has 0 radical (unpaired) electrons. The number of thiophene rings is 1. The van der Waals surface area contributed by atoms with Crippen molar-refractivity contribution in [1.82, 2.24) is 10.2 Å². The van der Waals surface area contributed by atoms with E-state index in [9.17, 15) is 9.59 Å². The summed E-state index contributed by atoms with van der Waals surface area (Å²) in [4.78, 5) is 26.2. The van der Waals surface area contributed by atoms with Gasteiger partial charge in [0.05, 0.1) is 17.5 Å². The number of piperidine rings is 1. The fourth-order valence-electron chi connectivity index (χ4n) is 2.84. The number of nitrogens with one attached hydrogen (secondary N) is 1. The van der Waals surface area contributed by atoms with Crippen molar-refractivity contribution >= 4 is 45.0 Å². The molecule has 1 saturated heterocycles. The number of urea groups is 1. The van der Waals surface area contributed by atoms with E-state index in [0.29, 0.717) is 24.7 Å². The van der Waals surface area contributed by atoms with Crippen molar-refractivity contribution in [1.29, 1.82) is 0 Å². The minimum Gasteiger partial charge on any atom is -0.369 e. The second kappa shape index (κ2) is 6.76. The Labute approximate surface area is 143 Å². The van der Waals surface area contributed by atoms with Crippen LogP contribution in [0.5, 0.6) is 0 Å². The van der Waals surface area contributed by atoms with E-state index < -0.39 is 0 Å². The summed E-state index contributed by atoms with van der Waals surface area (Å²) in [6, 6.07) is 7.72. The molecule has 7 heteroatoms. The predicted octanol–water partition coefficient (Wildman–Crippen LogP) is 2.96. The molecule has 1 aromatic carbocycles. The van der Waals surface area contributed by atoms with Crippen LogP contribution in [-0.4, -0.2) is 29.9 Å². The van der Waals surface area contributed by atoms with Crippen LogP contribution in [-0.2, 0) is 11.3 Å². The van der Waals surface area contributed by atoms with Crippen LogP contribution in [0.3, 0.4) is 0 Å². The first-order chi connectivity index (χ1) is 11.1. The summed E-state index contributed by atoms with van der Waals surface area (Å²) in [7, 11) is 0. The van der Waals surface area contributed by atoms with E-state index in [-0.39, 0.29) is 17.9 Å². The van der Waals surface area contributed by atoms with Crippen molar-refractivity contribution in [3.63, 3.8) is 0 Å². The highest BCUT2D eigenvalue weighted by Crippen LogP contribution is 2.35. The van der Waals surface area contributed by atoms with Crippen molar-refractivity contribution in [3.05, 3.63) is 34.2 Å². The summed E-state index contributed by atoms with van der Waals surface area (Å²) in [6.07, 6.45) is 1.55. The molecule has 1 aromatic heterocycles. The quantitative estimate of drug-likeness (QED) is 0.892. The molecule has 0 bridgehead atoms. The van der Waals surface area contributed by atoms with Gasteiger partial charge >= 0.3 is 6.03 Å². The molecule has 0 aliphatic carbocycles. The van der Waals surface area contributed by atoms with Gasteiger partial charge in [-0.2, -0.15) is 0 Å². The first-order valence-electron chi connectivity index (χ1n) is 7.54. The smallest absolute Gasteiger partial charge is 0.317 e. The molecule has 0 saturated carbocycles. The average Bonchev–Trinajstić information content (AvgIpc) is 2.89. The number of amides is 3. The summed E-state index contributed by atoms with van der Waals surface area (Å²) >= 11 is 7.95. The summed E-state index contributed by atoms with van der Waals surface area (Å²) in [5.74, 6) is -0.586. The van der Waals surface area contributed by atoms with Crippen LogP contribution in [0.1, 0.15) is 17.7 Å². The van der Waals surface area contributed by atoms with Gasteiger partial charge in [-0.1, -0.05) is 29.8 Å². The third kappa shape index (κ3) is 3.43. The van der Waals surface area contributed by atoms with Gasteiger partial charge in [0.25, 0.3) is 0 Å². The van der Waals surface area contributed by atoms with Gasteiger partial charge in [-0.05, 0) is 18.9 Å². The number of benzene rings is 1. The Morgan fingerprint density at radius 1 is 1.39 bits per heavy atom.